The molecule has 0 spiro atoms. The van der Waals surface area contributed by atoms with Crippen molar-refractivity contribution in [1.82, 2.24) is 14.9 Å². The number of aromatic nitrogens is 2. The maximum Gasteiger partial charge on any atom is 0.246 e. The summed E-state index contributed by atoms with van der Waals surface area (Å²) in [4.78, 5) is 24.7. The molecule has 1 amide bonds. The van der Waals surface area contributed by atoms with E-state index in [0.29, 0.717) is 18.8 Å². The molecule has 0 saturated carbocycles. The summed E-state index contributed by atoms with van der Waals surface area (Å²) in [5.41, 5.74) is 0.904. The first kappa shape index (κ1) is 17.4. The van der Waals surface area contributed by atoms with Gasteiger partial charge in [0.05, 0.1) is 6.20 Å². The molecule has 1 fully saturated rings. The summed E-state index contributed by atoms with van der Waals surface area (Å²) in [7, 11) is 0. The van der Waals surface area contributed by atoms with Crippen molar-refractivity contribution >= 4 is 17.8 Å². The maximum atomic E-state index is 12.4. The largest absolute Gasteiger partial charge is 0.479 e. The fourth-order valence-corrected chi connectivity index (χ4v) is 2.67. The number of piperazine rings is 1. The summed E-state index contributed by atoms with van der Waals surface area (Å²) < 4.78 is 5.20. The topological polar surface area (TPSA) is 82.4 Å². The highest BCUT2D eigenvalue weighted by molar-refractivity contribution is 5.92. The van der Waals surface area contributed by atoms with Crippen LogP contribution < -0.4 is 9.64 Å². The van der Waals surface area contributed by atoms with Crippen molar-refractivity contribution in [3.63, 3.8) is 0 Å². The number of hydrogen-bond donors (Lipinski definition) is 0. The van der Waals surface area contributed by atoms with Crippen molar-refractivity contribution in [2.24, 2.45) is 0 Å². The van der Waals surface area contributed by atoms with E-state index < -0.39 is 0 Å². The Bertz CT molecular complexity index is 791. The van der Waals surface area contributed by atoms with Crippen molar-refractivity contribution < 1.29 is 9.53 Å². The normalized spacial score (nSPS) is 14.3. The van der Waals surface area contributed by atoms with Crippen LogP contribution in [0.4, 0.5) is 5.82 Å². The number of amides is 1. The molecule has 7 nitrogen and oxygen atoms in total. The smallest absolute Gasteiger partial charge is 0.246 e. The highest BCUT2D eigenvalue weighted by Gasteiger charge is 2.20. The van der Waals surface area contributed by atoms with E-state index in [-0.39, 0.29) is 12.5 Å². The summed E-state index contributed by atoms with van der Waals surface area (Å²) >= 11 is 0. The van der Waals surface area contributed by atoms with Gasteiger partial charge in [0.1, 0.15) is 17.6 Å². The highest BCUT2D eigenvalue weighted by atomic mass is 16.5. The minimum Gasteiger partial charge on any atom is -0.479 e. The Labute approximate surface area is 152 Å². The quantitative estimate of drug-likeness (QED) is 0.765. The molecule has 132 valence electrons. The summed E-state index contributed by atoms with van der Waals surface area (Å²) in [5, 5.41) is 8.49. The number of nitriles is 1. The van der Waals surface area contributed by atoms with Gasteiger partial charge in [-0.05, 0) is 23.8 Å². The van der Waals surface area contributed by atoms with Gasteiger partial charge in [-0.1, -0.05) is 12.1 Å². The minimum atomic E-state index is -0.00592. The first-order valence-corrected chi connectivity index (χ1v) is 8.34. The fraction of sp³-hybridized carbons (Fsp3) is 0.263. The van der Waals surface area contributed by atoms with Crippen molar-refractivity contribution in [3.05, 3.63) is 54.5 Å². The molecule has 2 aromatic rings. The third-order valence-electron chi connectivity index (χ3n) is 4.07. The molecule has 26 heavy (non-hydrogen) atoms. The zero-order valence-corrected chi connectivity index (χ0v) is 14.3. The number of rotatable bonds is 5. The molecule has 0 bridgehead atoms. The molecule has 2 heterocycles. The van der Waals surface area contributed by atoms with Gasteiger partial charge in [0, 0.05) is 44.6 Å². The number of benzene rings is 1. The molecule has 1 aromatic carbocycles. The standard InChI is InChI=1S/C19H19N5O2/c20-7-14-26-17-4-1-16(2-5-17)3-6-19(25)24-12-10-23(11-13-24)18-15-21-8-9-22-18/h1-6,8-9,15H,10-14H2. The second-order valence-electron chi connectivity index (χ2n) is 5.73. The van der Waals surface area contributed by atoms with Gasteiger partial charge in [0.25, 0.3) is 0 Å². The molecule has 3 rings (SSSR count). The number of carbonyl (C=O) groups excluding carboxylic acids is 1. The molecule has 1 saturated heterocycles. The van der Waals surface area contributed by atoms with Gasteiger partial charge in [-0.15, -0.1) is 0 Å². The Balaban J connectivity index is 1.51. The Morgan fingerprint density at radius 1 is 1.19 bits per heavy atom. The first-order chi connectivity index (χ1) is 12.8. The third kappa shape index (κ3) is 4.57. The molecular weight excluding hydrogens is 330 g/mol. The van der Waals surface area contributed by atoms with Gasteiger partial charge in [-0.3, -0.25) is 9.78 Å². The van der Waals surface area contributed by atoms with Crippen LogP contribution in [0, 0.1) is 11.3 Å². The monoisotopic (exact) mass is 349 g/mol. The summed E-state index contributed by atoms with van der Waals surface area (Å²) in [5.74, 6) is 1.47. The Kier molecular flexibility index (Phi) is 5.78. The molecule has 0 N–H and O–H groups in total. The van der Waals surface area contributed by atoms with Crippen LogP contribution in [0.1, 0.15) is 5.56 Å². The summed E-state index contributed by atoms with van der Waals surface area (Å²) in [6.45, 7) is 2.81. The lowest BCUT2D eigenvalue weighted by atomic mass is 10.2. The van der Waals surface area contributed by atoms with Gasteiger partial charge in [0.2, 0.25) is 5.91 Å². The first-order valence-electron chi connectivity index (χ1n) is 8.34. The van der Waals surface area contributed by atoms with Gasteiger partial charge in [-0.2, -0.15) is 5.26 Å². The van der Waals surface area contributed by atoms with E-state index in [1.54, 1.807) is 42.9 Å². The van der Waals surface area contributed by atoms with Gasteiger partial charge in [0.15, 0.2) is 6.61 Å². The Hall–Kier alpha value is -3.40. The molecule has 0 radical (unpaired) electrons. The fourth-order valence-electron chi connectivity index (χ4n) is 2.67. The molecular formula is C19H19N5O2. The van der Waals surface area contributed by atoms with Gasteiger partial charge < -0.3 is 14.5 Å². The van der Waals surface area contributed by atoms with E-state index in [4.69, 9.17) is 10.00 Å². The number of carbonyl (C=O) groups is 1. The number of hydrogen-bond acceptors (Lipinski definition) is 6. The maximum absolute atomic E-state index is 12.4. The summed E-state index contributed by atoms with van der Waals surface area (Å²) in [6, 6.07) is 9.18. The summed E-state index contributed by atoms with van der Waals surface area (Å²) in [6.07, 6.45) is 8.43. The molecule has 1 aromatic heterocycles. The molecule has 0 unspecified atom stereocenters. The lowest BCUT2D eigenvalue weighted by molar-refractivity contribution is -0.126. The predicted octanol–water partition coefficient (Wildman–Crippen LogP) is 1.74. The van der Waals surface area contributed by atoms with Crippen LogP contribution >= 0.6 is 0 Å². The van der Waals surface area contributed by atoms with E-state index in [0.717, 1.165) is 24.5 Å². The van der Waals surface area contributed by atoms with E-state index in [2.05, 4.69) is 14.9 Å². The lowest BCUT2D eigenvalue weighted by Crippen LogP contribution is -2.48. The third-order valence-corrected chi connectivity index (χ3v) is 4.07. The molecule has 1 aliphatic rings. The van der Waals surface area contributed by atoms with E-state index >= 15 is 0 Å². The van der Waals surface area contributed by atoms with Crippen molar-refractivity contribution in [1.29, 1.82) is 5.26 Å². The van der Waals surface area contributed by atoms with Crippen molar-refractivity contribution in [3.8, 4) is 11.8 Å². The second-order valence-corrected chi connectivity index (χ2v) is 5.73. The van der Waals surface area contributed by atoms with Crippen LogP contribution in [0.3, 0.4) is 0 Å². The Morgan fingerprint density at radius 2 is 1.96 bits per heavy atom. The van der Waals surface area contributed by atoms with Crippen molar-refractivity contribution in [2.45, 2.75) is 0 Å². The average Bonchev–Trinajstić information content (AvgIpc) is 2.72. The van der Waals surface area contributed by atoms with Gasteiger partial charge in [-0.25, -0.2) is 4.98 Å². The number of nitrogens with zero attached hydrogens (tertiary/aromatic N) is 5. The van der Waals surface area contributed by atoms with Crippen molar-refractivity contribution in [2.75, 3.05) is 37.7 Å². The van der Waals surface area contributed by atoms with E-state index in [1.807, 2.05) is 23.1 Å². The van der Waals surface area contributed by atoms with Crippen LogP contribution in [0.15, 0.2) is 48.9 Å². The van der Waals surface area contributed by atoms with Crippen LogP contribution in [0.2, 0.25) is 0 Å². The molecule has 0 aliphatic carbocycles. The van der Waals surface area contributed by atoms with Crippen LogP contribution in [-0.4, -0.2) is 53.6 Å². The van der Waals surface area contributed by atoms with Crippen LogP contribution in [-0.2, 0) is 4.79 Å². The second kappa shape index (κ2) is 8.62. The highest BCUT2D eigenvalue weighted by Crippen LogP contribution is 2.14. The van der Waals surface area contributed by atoms with E-state index in [1.165, 1.54) is 0 Å². The zero-order valence-electron chi connectivity index (χ0n) is 14.3. The number of anilines is 1. The molecule has 0 atom stereocenters. The van der Waals surface area contributed by atoms with Crippen LogP contribution in [0.5, 0.6) is 5.75 Å². The predicted molar refractivity (Wildman–Crippen MR) is 97.4 cm³/mol. The Morgan fingerprint density at radius 3 is 2.62 bits per heavy atom. The van der Waals surface area contributed by atoms with Gasteiger partial charge >= 0.3 is 0 Å². The molecule has 1 aliphatic heterocycles. The lowest BCUT2D eigenvalue weighted by Gasteiger charge is -2.34. The average molecular weight is 349 g/mol. The van der Waals surface area contributed by atoms with Crippen LogP contribution in [0.25, 0.3) is 6.08 Å². The molecule has 7 heteroatoms. The number of ether oxygens (including phenoxy) is 1. The SMILES string of the molecule is N#CCOc1ccc(C=CC(=O)N2CCN(c3cnccn3)CC2)cc1. The van der Waals surface area contributed by atoms with E-state index in [9.17, 15) is 4.79 Å². The zero-order chi connectivity index (χ0) is 18.2. The minimum absolute atomic E-state index is 0.00592.